The van der Waals surface area contributed by atoms with Crippen molar-refractivity contribution < 1.29 is 9.72 Å². The number of nitrogens with one attached hydrogen (secondary N) is 1. The van der Waals surface area contributed by atoms with Crippen LogP contribution in [-0.2, 0) is 10.5 Å². The number of nitro benzene ring substituents is 1. The number of allylic oxidation sites excluding steroid dienone is 2. The third-order valence-electron chi connectivity index (χ3n) is 6.95. The van der Waals surface area contributed by atoms with Gasteiger partial charge in [0.2, 0.25) is 11.1 Å². The zero-order valence-electron chi connectivity index (χ0n) is 20.5. The van der Waals surface area contributed by atoms with Gasteiger partial charge >= 0.3 is 0 Å². The smallest absolute Gasteiger partial charge is 0.269 e. The number of carbonyl (C=O) groups excluding carboxylic acids is 1. The summed E-state index contributed by atoms with van der Waals surface area (Å²) in [4.78, 5) is 29.3. The Morgan fingerprint density at radius 2 is 1.89 bits per heavy atom. The summed E-state index contributed by atoms with van der Waals surface area (Å²) in [7, 11) is 0. The van der Waals surface area contributed by atoms with Crippen LogP contribution in [0.25, 0.3) is 10.8 Å². The summed E-state index contributed by atoms with van der Waals surface area (Å²) >= 11 is 1.53. The van der Waals surface area contributed by atoms with Gasteiger partial charge in [-0.15, -0.1) is 5.10 Å². The molecule has 0 bridgehead atoms. The van der Waals surface area contributed by atoms with Gasteiger partial charge in [0, 0.05) is 35.6 Å². The van der Waals surface area contributed by atoms with E-state index in [0.717, 1.165) is 5.70 Å². The van der Waals surface area contributed by atoms with E-state index < -0.39 is 11.0 Å². The van der Waals surface area contributed by atoms with Crippen molar-refractivity contribution in [3.05, 3.63) is 99.2 Å². The Labute approximate surface area is 217 Å². The van der Waals surface area contributed by atoms with Crippen molar-refractivity contribution in [3.63, 3.8) is 0 Å². The number of benzene rings is 3. The molecule has 0 fully saturated rings. The molecule has 0 spiro atoms. The lowest BCUT2D eigenvalue weighted by Gasteiger charge is -2.38. The van der Waals surface area contributed by atoms with E-state index >= 15 is 0 Å². The van der Waals surface area contributed by atoms with Crippen LogP contribution in [0.4, 0.5) is 11.6 Å². The topological polar surface area (TPSA) is 103 Å². The largest absolute Gasteiger partial charge is 0.328 e. The Bertz CT molecular complexity index is 1600. The van der Waals surface area contributed by atoms with Crippen molar-refractivity contribution in [2.75, 3.05) is 5.32 Å². The fraction of sp³-hybridized carbons (Fsp3) is 0.250. The van der Waals surface area contributed by atoms with E-state index in [9.17, 15) is 14.9 Å². The van der Waals surface area contributed by atoms with Crippen LogP contribution >= 0.6 is 11.8 Å². The number of aromatic nitrogens is 3. The molecule has 1 atom stereocenters. The molecule has 8 nitrogen and oxygen atoms in total. The molecule has 3 aromatic carbocycles. The number of non-ortho nitro benzene ring substituents is 1. The van der Waals surface area contributed by atoms with Crippen molar-refractivity contribution in [1.29, 1.82) is 0 Å². The Hall–Kier alpha value is -3.98. The molecule has 186 valence electrons. The fourth-order valence-electron chi connectivity index (χ4n) is 5.33. The number of anilines is 1. The number of carbonyl (C=O) groups is 1. The summed E-state index contributed by atoms with van der Waals surface area (Å²) in [6.07, 6.45) is 1.09. The molecular weight excluding hydrogens is 486 g/mol. The first-order chi connectivity index (χ1) is 17.8. The number of nitrogens with zero attached hydrogens (tertiary/aromatic N) is 4. The number of fused-ring (bicyclic) bond motifs is 2. The maximum Gasteiger partial charge on any atom is 0.269 e. The van der Waals surface area contributed by atoms with Crippen molar-refractivity contribution in [2.45, 2.75) is 43.6 Å². The lowest BCUT2D eigenvalue weighted by molar-refractivity contribution is -0.384. The molecule has 1 N–H and O–H groups in total. The average molecular weight is 512 g/mol. The minimum atomic E-state index is -0.575. The summed E-state index contributed by atoms with van der Waals surface area (Å²) < 4.78 is 1.71. The second-order valence-electron chi connectivity index (χ2n) is 10.3. The summed E-state index contributed by atoms with van der Waals surface area (Å²) in [5, 5.41) is 22.6. The summed E-state index contributed by atoms with van der Waals surface area (Å²) in [5.74, 6) is 1.26. The number of hydrogen-bond donors (Lipinski definition) is 1. The third-order valence-corrected chi connectivity index (χ3v) is 7.83. The van der Waals surface area contributed by atoms with Crippen molar-refractivity contribution in [3.8, 4) is 0 Å². The fourth-order valence-corrected chi connectivity index (χ4v) is 6.16. The highest BCUT2D eigenvalue weighted by Gasteiger charge is 2.42. The van der Waals surface area contributed by atoms with Gasteiger partial charge in [0.25, 0.3) is 5.69 Å². The number of nitro groups is 1. The Balaban J connectivity index is 1.39. The Morgan fingerprint density at radius 3 is 2.73 bits per heavy atom. The zero-order chi connectivity index (χ0) is 25.7. The van der Waals surface area contributed by atoms with Gasteiger partial charge in [0.05, 0.1) is 4.92 Å². The van der Waals surface area contributed by atoms with Gasteiger partial charge in [0.1, 0.15) is 6.04 Å². The molecular formula is C28H25N5O3S. The van der Waals surface area contributed by atoms with Crippen LogP contribution in [0, 0.1) is 15.5 Å². The van der Waals surface area contributed by atoms with Crippen LogP contribution in [0.1, 0.15) is 43.9 Å². The number of ketones is 1. The van der Waals surface area contributed by atoms with E-state index in [2.05, 4.69) is 49.5 Å². The van der Waals surface area contributed by atoms with E-state index in [0.29, 0.717) is 40.8 Å². The van der Waals surface area contributed by atoms with Crippen LogP contribution in [0.5, 0.6) is 0 Å². The Morgan fingerprint density at radius 1 is 1.11 bits per heavy atom. The standard InChI is InChI=1S/C28H25N5O3S/c1-28(2)14-22-24(23(34)15-28)25(18-9-6-11-20(13-18)33(35)36)32-26(29-22)30-27(31-32)37-16-19-10-5-8-17-7-3-4-12-21(17)19/h3-13,25H,14-16H2,1-2H3,(H,29,30,31). The first-order valence-corrected chi connectivity index (χ1v) is 13.1. The molecule has 4 aromatic rings. The van der Waals surface area contributed by atoms with Crippen LogP contribution in [-0.4, -0.2) is 25.5 Å². The number of hydrogen-bond acceptors (Lipinski definition) is 7. The van der Waals surface area contributed by atoms with Crippen molar-refractivity contribution in [1.82, 2.24) is 14.8 Å². The monoisotopic (exact) mass is 511 g/mol. The molecule has 0 saturated carbocycles. The van der Waals surface area contributed by atoms with Crippen LogP contribution in [0.3, 0.4) is 0 Å². The molecule has 2 aliphatic rings. The van der Waals surface area contributed by atoms with Gasteiger partial charge in [0.15, 0.2) is 5.78 Å². The van der Waals surface area contributed by atoms with Gasteiger partial charge < -0.3 is 5.32 Å². The van der Waals surface area contributed by atoms with E-state index in [-0.39, 0.29) is 16.9 Å². The minimum absolute atomic E-state index is 0.0195. The minimum Gasteiger partial charge on any atom is -0.328 e. The molecule has 6 rings (SSSR count). The number of thioether (sulfide) groups is 1. The van der Waals surface area contributed by atoms with E-state index in [4.69, 9.17) is 10.1 Å². The molecule has 0 saturated heterocycles. The normalized spacial score (nSPS) is 18.3. The quantitative estimate of drug-likeness (QED) is 0.191. The molecule has 0 amide bonds. The van der Waals surface area contributed by atoms with Crippen LogP contribution in [0.2, 0.25) is 0 Å². The third kappa shape index (κ3) is 4.29. The first-order valence-electron chi connectivity index (χ1n) is 12.1. The maximum absolute atomic E-state index is 13.4. The first kappa shape index (κ1) is 23.4. The zero-order valence-corrected chi connectivity index (χ0v) is 21.3. The Kier molecular flexibility index (Phi) is 5.60. The molecule has 2 heterocycles. The second kappa shape index (κ2) is 8.85. The lowest BCUT2D eigenvalue weighted by atomic mass is 9.73. The van der Waals surface area contributed by atoms with Crippen molar-refractivity contribution >= 4 is 40.0 Å². The molecule has 0 radical (unpaired) electrons. The van der Waals surface area contributed by atoms with Crippen molar-refractivity contribution in [2.24, 2.45) is 5.41 Å². The second-order valence-corrected chi connectivity index (χ2v) is 11.2. The predicted molar refractivity (Wildman–Crippen MR) is 143 cm³/mol. The summed E-state index contributed by atoms with van der Waals surface area (Å²) in [5.41, 5.74) is 3.06. The predicted octanol–water partition coefficient (Wildman–Crippen LogP) is 6.29. The van der Waals surface area contributed by atoms with Gasteiger partial charge in [-0.1, -0.05) is 80.2 Å². The van der Waals surface area contributed by atoms with E-state index in [1.165, 1.54) is 40.2 Å². The van der Waals surface area contributed by atoms with Crippen LogP contribution in [0.15, 0.2) is 83.2 Å². The van der Waals surface area contributed by atoms with Gasteiger partial charge in [-0.25, -0.2) is 4.68 Å². The molecule has 37 heavy (non-hydrogen) atoms. The van der Waals surface area contributed by atoms with E-state index in [1.54, 1.807) is 10.7 Å². The molecule has 9 heteroatoms. The van der Waals surface area contributed by atoms with Gasteiger partial charge in [-0.3, -0.25) is 14.9 Å². The summed E-state index contributed by atoms with van der Waals surface area (Å²) in [6, 6.07) is 20.4. The van der Waals surface area contributed by atoms with E-state index in [1.807, 2.05) is 18.2 Å². The maximum atomic E-state index is 13.4. The average Bonchev–Trinajstić information content (AvgIpc) is 3.28. The van der Waals surface area contributed by atoms with Crippen LogP contribution < -0.4 is 5.32 Å². The summed E-state index contributed by atoms with van der Waals surface area (Å²) in [6.45, 7) is 4.15. The molecule has 1 aliphatic carbocycles. The molecule has 1 unspecified atom stereocenters. The molecule has 1 aromatic heterocycles. The number of Topliss-reactive ketones (excluding diaryl/α,β-unsaturated/α-hetero) is 1. The van der Waals surface area contributed by atoms with Gasteiger partial charge in [-0.05, 0) is 33.7 Å². The lowest BCUT2D eigenvalue weighted by Crippen LogP contribution is -2.36. The highest BCUT2D eigenvalue weighted by Crippen LogP contribution is 2.46. The highest BCUT2D eigenvalue weighted by atomic mass is 32.2. The highest BCUT2D eigenvalue weighted by molar-refractivity contribution is 7.98. The molecule has 1 aliphatic heterocycles. The number of rotatable bonds is 5. The van der Waals surface area contributed by atoms with Gasteiger partial charge in [-0.2, -0.15) is 4.98 Å². The SMILES string of the molecule is CC1(C)CC(=O)C2=C(C1)Nc1nc(SCc3cccc4ccccc34)nn1C2c1cccc([N+](=O)[O-])c1.